The first-order valence-electron chi connectivity index (χ1n) is 8.48. The zero-order chi connectivity index (χ0) is 18.5. The molecular formula is C17H20ClN5O3. The van der Waals surface area contributed by atoms with Gasteiger partial charge >= 0.3 is 6.09 Å². The summed E-state index contributed by atoms with van der Waals surface area (Å²) in [6.45, 7) is 3.24. The standard InChI is InChI=1S/C17H20ClN5O3/c1-2-26-17(25)22-9-7-12(8-10-22)19-16(24)14-11-23(21-20-14)15-6-4-3-5-13(15)18/h3-6,11-12H,2,7-10H2,1H3,(H,19,24). The lowest BCUT2D eigenvalue weighted by Crippen LogP contribution is -2.46. The molecule has 0 atom stereocenters. The van der Waals surface area contributed by atoms with Crippen molar-refractivity contribution in [3.8, 4) is 5.69 Å². The van der Waals surface area contributed by atoms with Crippen LogP contribution in [0.15, 0.2) is 30.5 Å². The molecular weight excluding hydrogens is 358 g/mol. The summed E-state index contributed by atoms with van der Waals surface area (Å²) in [7, 11) is 0. The molecule has 1 N–H and O–H groups in total. The van der Waals surface area contributed by atoms with Crippen LogP contribution in [0.5, 0.6) is 0 Å². The number of likely N-dealkylation sites (tertiary alicyclic amines) is 1. The Morgan fingerprint density at radius 2 is 2.04 bits per heavy atom. The number of para-hydroxylation sites is 1. The van der Waals surface area contributed by atoms with Gasteiger partial charge in [-0.3, -0.25) is 4.79 Å². The third kappa shape index (κ3) is 4.13. The predicted molar refractivity (Wildman–Crippen MR) is 95.5 cm³/mol. The number of rotatable bonds is 4. The van der Waals surface area contributed by atoms with Gasteiger partial charge in [0, 0.05) is 19.1 Å². The molecule has 26 heavy (non-hydrogen) atoms. The normalized spacial score (nSPS) is 14.9. The number of nitrogens with zero attached hydrogens (tertiary/aromatic N) is 4. The number of piperidine rings is 1. The van der Waals surface area contributed by atoms with Crippen molar-refractivity contribution >= 4 is 23.6 Å². The van der Waals surface area contributed by atoms with E-state index in [1.165, 1.54) is 4.68 Å². The van der Waals surface area contributed by atoms with Crippen LogP contribution in [0.3, 0.4) is 0 Å². The van der Waals surface area contributed by atoms with Crippen LogP contribution >= 0.6 is 11.6 Å². The van der Waals surface area contributed by atoms with Crippen LogP contribution in [-0.2, 0) is 4.74 Å². The topological polar surface area (TPSA) is 89.4 Å². The van der Waals surface area contributed by atoms with Crippen molar-refractivity contribution in [2.24, 2.45) is 0 Å². The first kappa shape index (κ1) is 18.2. The molecule has 2 amide bonds. The number of halogens is 1. The van der Waals surface area contributed by atoms with E-state index in [1.54, 1.807) is 30.2 Å². The molecule has 0 bridgehead atoms. The van der Waals surface area contributed by atoms with Gasteiger partial charge in [0.25, 0.3) is 5.91 Å². The van der Waals surface area contributed by atoms with E-state index < -0.39 is 0 Å². The van der Waals surface area contributed by atoms with Gasteiger partial charge < -0.3 is 15.0 Å². The maximum absolute atomic E-state index is 12.4. The quantitative estimate of drug-likeness (QED) is 0.882. The van der Waals surface area contributed by atoms with E-state index in [9.17, 15) is 9.59 Å². The van der Waals surface area contributed by atoms with Crippen LogP contribution in [0.2, 0.25) is 5.02 Å². The molecule has 0 aliphatic carbocycles. The fourth-order valence-electron chi connectivity index (χ4n) is 2.80. The van der Waals surface area contributed by atoms with E-state index in [4.69, 9.17) is 16.3 Å². The lowest BCUT2D eigenvalue weighted by Gasteiger charge is -2.31. The SMILES string of the molecule is CCOC(=O)N1CCC(NC(=O)c2cn(-c3ccccc3Cl)nn2)CC1. The zero-order valence-electron chi connectivity index (χ0n) is 14.4. The first-order valence-corrected chi connectivity index (χ1v) is 8.86. The molecule has 0 radical (unpaired) electrons. The van der Waals surface area contributed by atoms with Crippen molar-refractivity contribution in [3.63, 3.8) is 0 Å². The highest BCUT2D eigenvalue weighted by Gasteiger charge is 2.25. The van der Waals surface area contributed by atoms with Crippen LogP contribution in [-0.4, -0.2) is 57.6 Å². The van der Waals surface area contributed by atoms with Crippen LogP contribution < -0.4 is 5.32 Å². The summed E-state index contributed by atoms with van der Waals surface area (Å²) >= 11 is 6.13. The van der Waals surface area contributed by atoms with Crippen LogP contribution in [0.25, 0.3) is 5.69 Å². The second-order valence-corrected chi connectivity index (χ2v) is 6.34. The predicted octanol–water partition coefficient (Wildman–Crippen LogP) is 2.27. The Kier molecular flexibility index (Phi) is 5.72. The summed E-state index contributed by atoms with van der Waals surface area (Å²) in [6, 6.07) is 7.18. The summed E-state index contributed by atoms with van der Waals surface area (Å²) in [4.78, 5) is 25.7. The Balaban J connectivity index is 1.57. The number of carbonyl (C=O) groups is 2. The number of nitrogens with one attached hydrogen (secondary N) is 1. The van der Waals surface area contributed by atoms with Gasteiger partial charge in [-0.25, -0.2) is 9.48 Å². The summed E-state index contributed by atoms with van der Waals surface area (Å²) in [5, 5.41) is 11.4. The van der Waals surface area contributed by atoms with E-state index in [0.717, 1.165) is 0 Å². The molecule has 1 saturated heterocycles. The summed E-state index contributed by atoms with van der Waals surface area (Å²) in [5.74, 6) is -0.294. The smallest absolute Gasteiger partial charge is 0.409 e. The molecule has 1 aliphatic rings. The van der Waals surface area contributed by atoms with Gasteiger partial charge in [0.05, 0.1) is 23.5 Å². The van der Waals surface area contributed by atoms with Crippen molar-refractivity contribution in [2.75, 3.05) is 19.7 Å². The molecule has 2 heterocycles. The monoisotopic (exact) mass is 377 g/mol. The maximum Gasteiger partial charge on any atom is 0.409 e. The first-order chi connectivity index (χ1) is 12.6. The minimum Gasteiger partial charge on any atom is -0.450 e. The highest BCUT2D eigenvalue weighted by atomic mass is 35.5. The average Bonchev–Trinajstić information content (AvgIpc) is 3.13. The number of amides is 2. The number of benzene rings is 1. The minimum atomic E-state index is -0.306. The fraction of sp³-hybridized carbons (Fsp3) is 0.412. The van der Waals surface area contributed by atoms with Gasteiger partial charge in [0.1, 0.15) is 0 Å². The highest BCUT2D eigenvalue weighted by molar-refractivity contribution is 6.32. The fourth-order valence-corrected chi connectivity index (χ4v) is 3.03. The van der Waals surface area contributed by atoms with Crippen LogP contribution in [0.4, 0.5) is 4.79 Å². The van der Waals surface area contributed by atoms with Gasteiger partial charge in [0.2, 0.25) is 0 Å². The lowest BCUT2D eigenvalue weighted by molar-refractivity contribution is 0.0856. The van der Waals surface area contributed by atoms with Gasteiger partial charge in [-0.15, -0.1) is 5.10 Å². The van der Waals surface area contributed by atoms with E-state index in [1.807, 2.05) is 12.1 Å². The van der Waals surface area contributed by atoms with E-state index in [0.29, 0.717) is 43.2 Å². The van der Waals surface area contributed by atoms with Gasteiger partial charge in [-0.1, -0.05) is 28.9 Å². The number of hydrogen-bond donors (Lipinski definition) is 1. The van der Waals surface area contributed by atoms with Crippen molar-refractivity contribution in [2.45, 2.75) is 25.8 Å². The second-order valence-electron chi connectivity index (χ2n) is 5.93. The molecule has 1 aromatic heterocycles. The Bertz CT molecular complexity index is 786. The minimum absolute atomic E-state index is 0.0151. The lowest BCUT2D eigenvalue weighted by atomic mass is 10.1. The Labute approximate surface area is 156 Å². The molecule has 0 spiro atoms. The second kappa shape index (κ2) is 8.18. The van der Waals surface area contributed by atoms with E-state index >= 15 is 0 Å². The molecule has 1 fully saturated rings. The van der Waals surface area contributed by atoms with Crippen LogP contribution in [0.1, 0.15) is 30.3 Å². The van der Waals surface area contributed by atoms with Crippen molar-refractivity contribution in [1.29, 1.82) is 0 Å². The highest BCUT2D eigenvalue weighted by Crippen LogP contribution is 2.19. The van der Waals surface area contributed by atoms with Gasteiger partial charge in [0.15, 0.2) is 5.69 Å². The zero-order valence-corrected chi connectivity index (χ0v) is 15.1. The van der Waals surface area contributed by atoms with E-state index in [2.05, 4.69) is 15.6 Å². The maximum atomic E-state index is 12.4. The van der Waals surface area contributed by atoms with Crippen molar-refractivity contribution < 1.29 is 14.3 Å². The number of hydrogen-bond acceptors (Lipinski definition) is 5. The summed E-state index contributed by atoms with van der Waals surface area (Å²) in [5.41, 5.74) is 0.876. The van der Waals surface area contributed by atoms with Crippen molar-refractivity contribution in [3.05, 3.63) is 41.2 Å². The molecule has 1 aromatic carbocycles. The molecule has 0 unspecified atom stereocenters. The third-order valence-corrected chi connectivity index (χ3v) is 4.50. The Morgan fingerprint density at radius 1 is 1.31 bits per heavy atom. The molecule has 138 valence electrons. The number of ether oxygens (including phenoxy) is 1. The summed E-state index contributed by atoms with van der Waals surface area (Å²) in [6.07, 6.45) is 2.58. The number of carbonyl (C=O) groups excluding carboxylic acids is 2. The average molecular weight is 378 g/mol. The van der Waals surface area contributed by atoms with Crippen molar-refractivity contribution in [1.82, 2.24) is 25.2 Å². The summed E-state index contributed by atoms with van der Waals surface area (Å²) < 4.78 is 6.46. The molecule has 9 heteroatoms. The van der Waals surface area contributed by atoms with Gasteiger partial charge in [-0.2, -0.15) is 0 Å². The Hall–Kier alpha value is -2.61. The van der Waals surface area contributed by atoms with Crippen LogP contribution in [0, 0.1) is 0 Å². The molecule has 1 aliphatic heterocycles. The molecule has 2 aromatic rings. The third-order valence-electron chi connectivity index (χ3n) is 4.18. The number of aromatic nitrogens is 3. The van der Waals surface area contributed by atoms with Gasteiger partial charge in [-0.05, 0) is 31.9 Å². The largest absolute Gasteiger partial charge is 0.450 e. The Morgan fingerprint density at radius 3 is 2.73 bits per heavy atom. The molecule has 0 saturated carbocycles. The molecule has 3 rings (SSSR count). The molecule has 8 nitrogen and oxygen atoms in total. The van der Waals surface area contributed by atoms with E-state index in [-0.39, 0.29) is 23.7 Å².